The van der Waals surface area contributed by atoms with Gasteiger partial charge in [0.15, 0.2) is 0 Å². The lowest BCUT2D eigenvalue weighted by molar-refractivity contribution is -0.138. The topological polar surface area (TPSA) is 95.5 Å². The smallest absolute Gasteiger partial charge is 0.229 e. The van der Waals surface area contributed by atoms with Crippen LogP contribution in [0.3, 0.4) is 0 Å². The lowest BCUT2D eigenvalue weighted by Gasteiger charge is -2.34. The summed E-state index contributed by atoms with van der Waals surface area (Å²) in [4.78, 5) is 41.5. The second kappa shape index (κ2) is 8.84. The first-order valence-corrected chi connectivity index (χ1v) is 11.9. The lowest BCUT2D eigenvalue weighted by Crippen LogP contribution is -2.46. The van der Waals surface area contributed by atoms with Crippen LogP contribution in [-0.2, 0) is 20.8 Å². The second-order valence-electron chi connectivity index (χ2n) is 10.9. The lowest BCUT2D eigenvalue weighted by atomic mass is 9.93. The molecule has 0 saturated carbocycles. The fourth-order valence-corrected chi connectivity index (χ4v) is 5.22. The zero-order chi connectivity index (χ0) is 23.0. The highest BCUT2D eigenvalue weighted by Crippen LogP contribution is 2.29. The number of aromatic nitrogens is 2. The molecule has 172 valence electrons. The van der Waals surface area contributed by atoms with Crippen molar-refractivity contribution in [3.8, 4) is 0 Å². The molecule has 0 spiro atoms. The van der Waals surface area contributed by atoms with E-state index in [1.54, 1.807) is 4.90 Å². The molecule has 0 bridgehead atoms. The summed E-state index contributed by atoms with van der Waals surface area (Å²) in [7, 11) is 0. The third-order valence-corrected chi connectivity index (χ3v) is 6.68. The Hall–Kier alpha value is -2.03. The minimum Gasteiger partial charge on any atom is -0.342 e. The number of hydrogen-bond acceptors (Lipinski definition) is 6. The highest BCUT2D eigenvalue weighted by Gasteiger charge is 2.41. The number of hydrogen-bond donors (Lipinski definition) is 1. The van der Waals surface area contributed by atoms with Crippen molar-refractivity contribution in [1.82, 2.24) is 20.0 Å². The molecule has 1 N–H and O–H groups in total. The molecular weight excluding hydrogens is 414 g/mol. The van der Waals surface area contributed by atoms with Gasteiger partial charge in [-0.05, 0) is 39.0 Å². The average molecular weight is 450 g/mol. The predicted octanol–water partition coefficient (Wildman–Crippen LogP) is 2.95. The van der Waals surface area contributed by atoms with E-state index in [0.717, 1.165) is 11.4 Å². The molecular formula is C22H35N5O3S. The highest BCUT2D eigenvalue weighted by molar-refractivity contribution is 7.15. The van der Waals surface area contributed by atoms with Crippen LogP contribution in [0.2, 0.25) is 0 Å². The van der Waals surface area contributed by atoms with Crippen molar-refractivity contribution < 1.29 is 14.4 Å². The average Bonchev–Trinajstić information content (AvgIpc) is 3.25. The molecule has 3 rings (SSSR count). The Bertz CT molecular complexity index is 831. The van der Waals surface area contributed by atoms with Crippen molar-refractivity contribution in [3.63, 3.8) is 0 Å². The van der Waals surface area contributed by atoms with E-state index in [1.165, 1.54) is 11.3 Å². The number of nitrogens with zero attached hydrogens (tertiary/aromatic N) is 4. The molecule has 2 aliphatic rings. The van der Waals surface area contributed by atoms with E-state index in [9.17, 15) is 14.4 Å². The predicted molar refractivity (Wildman–Crippen MR) is 121 cm³/mol. The van der Waals surface area contributed by atoms with E-state index < -0.39 is 0 Å². The van der Waals surface area contributed by atoms with Crippen LogP contribution < -0.4 is 5.32 Å². The van der Waals surface area contributed by atoms with Gasteiger partial charge in [-0.2, -0.15) is 0 Å². The monoisotopic (exact) mass is 449 g/mol. The van der Waals surface area contributed by atoms with Crippen molar-refractivity contribution in [2.24, 2.45) is 17.3 Å². The first-order valence-electron chi connectivity index (χ1n) is 11.1. The summed E-state index contributed by atoms with van der Waals surface area (Å²) in [6, 6.07) is 0. The first kappa shape index (κ1) is 23.6. The van der Waals surface area contributed by atoms with Gasteiger partial charge in [0.05, 0.1) is 5.92 Å². The first-order chi connectivity index (χ1) is 14.3. The summed E-state index contributed by atoms with van der Waals surface area (Å²) in [5.74, 6) is -0.395. The van der Waals surface area contributed by atoms with Crippen LogP contribution in [0.4, 0.5) is 5.13 Å². The molecule has 9 heteroatoms. The highest BCUT2D eigenvalue weighted by atomic mass is 32.1. The Labute approximate surface area is 188 Å². The summed E-state index contributed by atoms with van der Waals surface area (Å²) < 4.78 is 0. The Morgan fingerprint density at radius 3 is 2.26 bits per heavy atom. The van der Waals surface area contributed by atoms with Crippen molar-refractivity contribution in [3.05, 3.63) is 5.01 Å². The Kier molecular flexibility index (Phi) is 6.74. The molecule has 1 aromatic rings. The van der Waals surface area contributed by atoms with E-state index in [1.807, 2.05) is 25.7 Å². The SMILES string of the molecule is CC(C)(C)Cc1nnc(NC(=O)C2CCN(C(=O)C3CC(=O)N(C(C)(C)C)C3)CC2)s1. The van der Waals surface area contributed by atoms with E-state index in [-0.39, 0.29) is 46.9 Å². The largest absolute Gasteiger partial charge is 0.342 e. The van der Waals surface area contributed by atoms with Gasteiger partial charge in [0, 0.05) is 43.9 Å². The van der Waals surface area contributed by atoms with Gasteiger partial charge >= 0.3 is 0 Å². The second-order valence-corrected chi connectivity index (χ2v) is 12.0. The zero-order valence-corrected chi connectivity index (χ0v) is 20.3. The van der Waals surface area contributed by atoms with Crippen molar-refractivity contribution in [2.75, 3.05) is 25.0 Å². The van der Waals surface area contributed by atoms with Gasteiger partial charge in [-0.3, -0.25) is 14.4 Å². The summed E-state index contributed by atoms with van der Waals surface area (Å²) in [5.41, 5.74) is -0.150. The zero-order valence-electron chi connectivity index (χ0n) is 19.5. The Morgan fingerprint density at radius 1 is 1.06 bits per heavy atom. The van der Waals surface area contributed by atoms with Crippen molar-refractivity contribution >= 4 is 34.2 Å². The molecule has 3 heterocycles. The maximum absolute atomic E-state index is 12.9. The molecule has 1 unspecified atom stereocenters. The van der Waals surface area contributed by atoms with Gasteiger partial charge in [0.2, 0.25) is 22.9 Å². The van der Waals surface area contributed by atoms with Crippen molar-refractivity contribution in [1.29, 1.82) is 0 Å². The molecule has 8 nitrogen and oxygen atoms in total. The molecule has 2 saturated heterocycles. The molecule has 0 radical (unpaired) electrons. The van der Waals surface area contributed by atoms with E-state index in [2.05, 4.69) is 36.3 Å². The fourth-order valence-electron chi connectivity index (χ4n) is 4.18. The normalized spacial score (nSPS) is 21.0. The van der Waals surface area contributed by atoms with Gasteiger partial charge in [0.25, 0.3) is 0 Å². The van der Waals surface area contributed by atoms with Gasteiger partial charge < -0.3 is 15.1 Å². The molecule has 2 aliphatic heterocycles. The molecule has 0 aromatic carbocycles. The van der Waals surface area contributed by atoms with Crippen molar-refractivity contribution in [2.45, 2.75) is 72.8 Å². The maximum Gasteiger partial charge on any atom is 0.229 e. The third-order valence-electron chi connectivity index (χ3n) is 5.84. The van der Waals surface area contributed by atoms with Crippen LogP contribution in [-0.4, -0.2) is 62.9 Å². The van der Waals surface area contributed by atoms with Gasteiger partial charge in [0.1, 0.15) is 5.01 Å². The van der Waals surface area contributed by atoms with Crippen LogP contribution >= 0.6 is 11.3 Å². The summed E-state index contributed by atoms with van der Waals surface area (Å²) in [6.45, 7) is 14.0. The van der Waals surface area contributed by atoms with Crippen LogP contribution in [0, 0.1) is 17.3 Å². The van der Waals surface area contributed by atoms with E-state index >= 15 is 0 Å². The summed E-state index contributed by atoms with van der Waals surface area (Å²) >= 11 is 1.42. The molecule has 1 atom stereocenters. The van der Waals surface area contributed by atoms with Crippen LogP contribution in [0.1, 0.15) is 65.8 Å². The maximum atomic E-state index is 12.9. The van der Waals surface area contributed by atoms with Gasteiger partial charge in [-0.25, -0.2) is 0 Å². The van der Waals surface area contributed by atoms with Crippen LogP contribution in [0.25, 0.3) is 0 Å². The number of likely N-dealkylation sites (tertiary alicyclic amines) is 2. The van der Waals surface area contributed by atoms with Gasteiger partial charge in [-0.1, -0.05) is 32.1 Å². The number of rotatable bonds is 4. The number of anilines is 1. The fraction of sp³-hybridized carbons (Fsp3) is 0.773. The number of amides is 3. The summed E-state index contributed by atoms with van der Waals surface area (Å²) in [6.07, 6.45) is 2.34. The van der Waals surface area contributed by atoms with Crippen LogP contribution in [0.5, 0.6) is 0 Å². The molecule has 31 heavy (non-hydrogen) atoms. The van der Waals surface area contributed by atoms with Gasteiger partial charge in [-0.15, -0.1) is 10.2 Å². The van der Waals surface area contributed by atoms with Crippen LogP contribution in [0.15, 0.2) is 0 Å². The Morgan fingerprint density at radius 2 is 1.71 bits per heavy atom. The number of carbonyl (C=O) groups excluding carboxylic acids is 3. The minimum absolute atomic E-state index is 0.0369. The van der Waals surface area contributed by atoms with E-state index in [0.29, 0.717) is 37.6 Å². The Balaban J connectivity index is 1.49. The molecule has 2 fully saturated rings. The summed E-state index contributed by atoms with van der Waals surface area (Å²) in [5, 5.41) is 12.6. The third kappa shape index (κ3) is 6.02. The molecule has 1 aromatic heterocycles. The molecule has 0 aliphatic carbocycles. The van der Waals surface area contributed by atoms with E-state index in [4.69, 9.17) is 0 Å². The standard InChI is InChI=1S/C22H35N5O3S/c1-21(2,3)12-16-24-25-20(31-16)23-18(29)14-7-9-26(10-8-14)19(30)15-11-17(28)27(13-15)22(4,5)6/h14-15H,7-13H2,1-6H3,(H,23,25,29). The molecule has 3 amide bonds. The minimum atomic E-state index is -0.278. The quantitative estimate of drug-likeness (QED) is 0.762. The number of piperidine rings is 1. The number of nitrogens with one attached hydrogen (secondary N) is 1. The number of carbonyl (C=O) groups is 3.